The van der Waals surface area contributed by atoms with E-state index in [1.54, 1.807) is 50.2 Å². The zero-order valence-electron chi connectivity index (χ0n) is 18.3. The van der Waals surface area contributed by atoms with Gasteiger partial charge in [-0.1, -0.05) is 6.92 Å². The van der Waals surface area contributed by atoms with Crippen LogP contribution in [0.1, 0.15) is 34.1 Å². The average Bonchev–Trinajstić information content (AvgIpc) is 3.16. The first-order valence-electron chi connectivity index (χ1n) is 10.4. The molecule has 172 valence electrons. The number of amides is 1. The van der Waals surface area contributed by atoms with Crippen molar-refractivity contribution in [1.82, 2.24) is 0 Å². The molecule has 34 heavy (non-hydrogen) atoms. The van der Waals surface area contributed by atoms with Crippen molar-refractivity contribution in [2.45, 2.75) is 20.3 Å². The van der Waals surface area contributed by atoms with E-state index < -0.39 is 17.5 Å². The van der Waals surface area contributed by atoms with Gasteiger partial charge in [0.1, 0.15) is 22.2 Å². The van der Waals surface area contributed by atoms with Crippen molar-refractivity contribution in [2.75, 3.05) is 5.32 Å². The van der Waals surface area contributed by atoms with Crippen LogP contribution in [0.4, 0.5) is 10.1 Å². The van der Waals surface area contributed by atoms with E-state index in [9.17, 15) is 23.9 Å². The van der Waals surface area contributed by atoms with Gasteiger partial charge in [0.05, 0.1) is 0 Å². The molecule has 2 N–H and O–H groups in total. The van der Waals surface area contributed by atoms with E-state index >= 15 is 0 Å². The number of ketones is 2. The number of phenols is 1. The molecule has 0 aliphatic heterocycles. The number of phenolic OH excluding ortho intramolecular Hbond substituents is 1. The number of hydrogen-bond acceptors (Lipinski definition) is 6. The van der Waals surface area contributed by atoms with E-state index in [0.717, 1.165) is 0 Å². The van der Waals surface area contributed by atoms with Crippen LogP contribution in [-0.4, -0.2) is 22.6 Å². The van der Waals surface area contributed by atoms with Crippen molar-refractivity contribution in [3.63, 3.8) is 0 Å². The lowest BCUT2D eigenvalue weighted by molar-refractivity contribution is -0.134. The Morgan fingerprint density at radius 2 is 1.76 bits per heavy atom. The van der Waals surface area contributed by atoms with Crippen LogP contribution in [0.5, 0.6) is 17.2 Å². The molecule has 0 aliphatic carbocycles. The minimum absolute atomic E-state index is 0.0546. The Balaban J connectivity index is 1.70. The Bertz CT molecular complexity index is 1430. The van der Waals surface area contributed by atoms with E-state index in [0.29, 0.717) is 43.3 Å². The second-order valence-electron chi connectivity index (χ2n) is 7.59. The van der Waals surface area contributed by atoms with E-state index in [2.05, 4.69) is 5.32 Å². The maximum atomic E-state index is 13.6. The fourth-order valence-electron chi connectivity index (χ4n) is 3.40. The monoisotopic (exact) mass is 477 g/mol. The minimum atomic E-state index is -0.692. The molecule has 0 atom stereocenters. The van der Waals surface area contributed by atoms with Crippen molar-refractivity contribution in [2.24, 2.45) is 0 Å². The molecule has 0 saturated carbocycles. The Hall–Kier alpha value is -4.04. The van der Waals surface area contributed by atoms with Gasteiger partial charge in [0.15, 0.2) is 5.75 Å². The standard InChI is InChI=1S/C26H20FNO5S/c1-3-21(30)26(32)28-16-5-8-18(9-6-16)33-24-20-11-7-17(29)13-22(20)34-25(24)23(31)19-10-4-15(27)12-14(19)2/h4-13,29H,3H2,1-2H3,(H,28,32). The van der Waals surface area contributed by atoms with Crippen molar-refractivity contribution < 1.29 is 28.6 Å². The second-order valence-corrected chi connectivity index (χ2v) is 8.64. The molecule has 8 heteroatoms. The number of fused-ring (bicyclic) bond motifs is 1. The largest absolute Gasteiger partial charge is 0.508 e. The summed E-state index contributed by atoms with van der Waals surface area (Å²) in [5.41, 5.74) is 1.27. The number of benzene rings is 3. The molecule has 1 heterocycles. The first kappa shape index (κ1) is 23.1. The lowest BCUT2D eigenvalue weighted by Crippen LogP contribution is -2.21. The van der Waals surface area contributed by atoms with E-state index in [1.165, 1.54) is 35.6 Å². The van der Waals surface area contributed by atoms with Gasteiger partial charge in [-0.25, -0.2) is 4.39 Å². The summed E-state index contributed by atoms with van der Waals surface area (Å²) in [6.45, 7) is 3.27. The number of aryl methyl sites for hydroxylation is 1. The van der Waals surface area contributed by atoms with Gasteiger partial charge in [0, 0.05) is 27.8 Å². The van der Waals surface area contributed by atoms with Crippen LogP contribution in [0.2, 0.25) is 0 Å². The Morgan fingerprint density at radius 1 is 1.03 bits per heavy atom. The van der Waals surface area contributed by atoms with Crippen molar-refractivity contribution in [1.29, 1.82) is 0 Å². The van der Waals surface area contributed by atoms with Gasteiger partial charge in [-0.2, -0.15) is 0 Å². The molecule has 1 amide bonds. The predicted octanol–water partition coefficient (Wildman–Crippen LogP) is 6.00. The van der Waals surface area contributed by atoms with Crippen molar-refractivity contribution in [3.05, 3.63) is 82.5 Å². The number of Topliss-reactive ketones (excluding diaryl/α,β-unsaturated/α-hetero) is 1. The average molecular weight is 478 g/mol. The topological polar surface area (TPSA) is 92.7 Å². The van der Waals surface area contributed by atoms with Crippen LogP contribution in [0.3, 0.4) is 0 Å². The minimum Gasteiger partial charge on any atom is -0.508 e. The first-order valence-corrected chi connectivity index (χ1v) is 11.3. The molecule has 3 aromatic carbocycles. The molecule has 6 nitrogen and oxygen atoms in total. The summed E-state index contributed by atoms with van der Waals surface area (Å²) in [6.07, 6.45) is 0.109. The van der Waals surface area contributed by atoms with Gasteiger partial charge < -0.3 is 15.2 Å². The molecule has 0 saturated heterocycles. The summed E-state index contributed by atoms with van der Waals surface area (Å²) in [4.78, 5) is 37.0. The maximum absolute atomic E-state index is 13.6. The SMILES string of the molecule is CCC(=O)C(=O)Nc1ccc(Oc2c(C(=O)c3ccc(F)cc3C)sc3cc(O)ccc23)cc1. The number of ether oxygens (including phenoxy) is 1. The predicted molar refractivity (Wildman–Crippen MR) is 129 cm³/mol. The van der Waals surface area contributed by atoms with Crippen LogP contribution in [0.15, 0.2) is 60.7 Å². The van der Waals surface area contributed by atoms with Gasteiger partial charge in [-0.3, -0.25) is 14.4 Å². The summed E-state index contributed by atoms with van der Waals surface area (Å²) in [6, 6.07) is 15.1. The molecule has 0 unspecified atom stereocenters. The van der Waals surface area contributed by atoms with Gasteiger partial charge in [-0.15, -0.1) is 11.3 Å². The van der Waals surface area contributed by atoms with Crippen molar-refractivity contribution in [3.8, 4) is 17.2 Å². The number of thiophene rings is 1. The number of nitrogens with one attached hydrogen (secondary N) is 1. The van der Waals surface area contributed by atoms with E-state index in [4.69, 9.17) is 4.74 Å². The van der Waals surface area contributed by atoms with Crippen LogP contribution in [-0.2, 0) is 9.59 Å². The third-order valence-corrected chi connectivity index (χ3v) is 6.31. The van der Waals surface area contributed by atoms with E-state index in [-0.39, 0.29) is 18.0 Å². The highest BCUT2D eigenvalue weighted by Gasteiger charge is 2.23. The summed E-state index contributed by atoms with van der Waals surface area (Å²) >= 11 is 1.17. The Morgan fingerprint density at radius 3 is 2.44 bits per heavy atom. The number of aromatic hydroxyl groups is 1. The summed E-state index contributed by atoms with van der Waals surface area (Å²) in [7, 11) is 0. The third kappa shape index (κ3) is 4.67. The van der Waals surface area contributed by atoms with Crippen LogP contribution in [0.25, 0.3) is 10.1 Å². The summed E-state index contributed by atoms with van der Waals surface area (Å²) in [5.74, 6) is -1.20. The molecular formula is C26H20FNO5S. The second kappa shape index (κ2) is 9.44. The number of carbonyl (C=O) groups excluding carboxylic acids is 3. The highest BCUT2D eigenvalue weighted by atomic mass is 32.1. The molecule has 0 radical (unpaired) electrons. The number of halogens is 1. The number of carbonyl (C=O) groups is 3. The number of anilines is 1. The van der Waals surface area contributed by atoms with Gasteiger partial charge >= 0.3 is 0 Å². The highest BCUT2D eigenvalue weighted by Crippen LogP contribution is 2.43. The normalized spacial score (nSPS) is 10.8. The lowest BCUT2D eigenvalue weighted by atomic mass is 10.0. The summed E-state index contributed by atoms with van der Waals surface area (Å²) < 4.78 is 20.3. The molecule has 0 fully saturated rings. The zero-order chi connectivity index (χ0) is 24.4. The van der Waals surface area contributed by atoms with Crippen LogP contribution in [0, 0.1) is 12.7 Å². The molecule has 0 bridgehead atoms. The number of hydrogen-bond donors (Lipinski definition) is 2. The first-order chi connectivity index (χ1) is 16.3. The van der Waals surface area contributed by atoms with Gasteiger partial charge in [0.2, 0.25) is 11.6 Å². The zero-order valence-corrected chi connectivity index (χ0v) is 19.2. The quantitative estimate of drug-likeness (QED) is 0.252. The van der Waals surface area contributed by atoms with Gasteiger partial charge in [0.25, 0.3) is 5.91 Å². The smallest absolute Gasteiger partial charge is 0.291 e. The molecular weight excluding hydrogens is 457 g/mol. The van der Waals surface area contributed by atoms with Crippen LogP contribution < -0.4 is 10.1 Å². The third-order valence-electron chi connectivity index (χ3n) is 5.17. The number of rotatable bonds is 7. The Kier molecular flexibility index (Phi) is 6.43. The fraction of sp³-hybridized carbons (Fsp3) is 0.115. The molecule has 4 aromatic rings. The van der Waals surface area contributed by atoms with Crippen molar-refractivity contribution >= 4 is 44.6 Å². The summed E-state index contributed by atoms with van der Waals surface area (Å²) in [5, 5.41) is 13.0. The lowest BCUT2D eigenvalue weighted by Gasteiger charge is -2.10. The van der Waals surface area contributed by atoms with Gasteiger partial charge in [-0.05, 0) is 73.2 Å². The molecule has 4 rings (SSSR count). The molecule has 1 aromatic heterocycles. The maximum Gasteiger partial charge on any atom is 0.291 e. The van der Waals surface area contributed by atoms with Crippen LogP contribution >= 0.6 is 11.3 Å². The van der Waals surface area contributed by atoms with E-state index in [1.807, 2.05) is 0 Å². The molecule has 0 spiro atoms. The fourth-order valence-corrected chi connectivity index (χ4v) is 4.52. The highest BCUT2D eigenvalue weighted by molar-refractivity contribution is 7.21. The Labute approximate surface area is 198 Å². The molecule has 0 aliphatic rings.